The van der Waals surface area contributed by atoms with E-state index >= 15 is 0 Å². The SMILES string of the molecule is O=C(Oc1ccc([N+](=O)[O-])cc1)N1CCN2C(=O)OC(c3ccccc3)(c3ccccc3)C2C1. The Kier molecular flexibility index (Phi) is 5.37. The number of fused-ring (bicyclic) bond motifs is 1. The number of ether oxygens (including phenoxy) is 2. The molecule has 9 nitrogen and oxygen atoms in total. The molecule has 2 amide bonds. The smallest absolute Gasteiger partial charge is 0.415 e. The van der Waals surface area contributed by atoms with Gasteiger partial charge in [0.2, 0.25) is 0 Å². The van der Waals surface area contributed by atoms with Crippen molar-refractivity contribution in [3.63, 3.8) is 0 Å². The van der Waals surface area contributed by atoms with Crippen LogP contribution in [0, 0.1) is 10.1 Å². The Morgan fingerprint density at radius 2 is 1.53 bits per heavy atom. The van der Waals surface area contributed by atoms with Crippen molar-refractivity contribution in [2.75, 3.05) is 19.6 Å². The highest BCUT2D eigenvalue weighted by Gasteiger charge is 2.58. The molecule has 3 aromatic carbocycles. The summed E-state index contributed by atoms with van der Waals surface area (Å²) in [6.45, 7) is 0.763. The summed E-state index contributed by atoms with van der Waals surface area (Å²) in [5.74, 6) is 0.203. The minimum Gasteiger partial charge on any atom is -0.431 e. The lowest BCUT2D eigenvalue weighted by atomic mass is 9.79. The number of hydrogen-bond donors (Lipinski definition) is 0. The normalized spacial score (nSPS) is 18.7. The average Bonchev–Trinajstić information content (AvgIpc) is 3.18. The van der Waals surface area contributed by atoms with E-state index in [1.165, 1.54) is 29.2 Å². The fourth-order valence-electron chi connectivity index (χ4n) is 4.62. The molecule has 2 aliphatic heterocycles. The maximum absolute atomic E-state index is 13.0. The van der Waals surface area contributed by atoms with Crippen LogP contribution >= 0.6 is 0 Å². The molecule has 1 unspecified atom stereocenters. The minimum absolute atomic E-state index is 0.0921. The molecular formula is C25H21N3O6. The molecule has 5 rings (SSSR count). The predicted molar refractivity (Wildman–Crippen MR) is 121 cm³/mol. The van der Waals surface area contributed by atoms with E-state index in [0.717, 1.165) is 11.1 Å². The van der Waals surface area contributed by atoms with Crippen LogP contribution in [-0.2, 0) is 10.3 Å². The highest BCUT2D eigenvalue weighted by atomic mass is 16.6. The lowest BCUT2D eigenvalue weighted by Crippen LogP contribution is -2.58. The van der Waals surface area contributed by atoms with Crippen LogP contribution in [0.3, 0.4) is 0 Å². The van der Waals surface area contributed by atoms with Gasteiger partial charge < -0.3 is 14.4 Å². The molecule has 9 heteroatoms. The standard InChI is InChI=1S/C25H21N3O6/c29-23(33-21-13-11-20(12-14-21)28(31)32)26-15-16-27-22(17-26)25(34-24(27)30,18-7-3-1-4-8-18)19-9-5-2-6-10-19/h1-14,22H,15-17H2. The first kappa shape index (κ1) is 21.4. The maximum atomic E-state index is 13.0. The zero-order valence-electron chi connectivity index (χ0n) is 18.1. The van der Waals surface area contributed by atoms with Gasteiger partial charge in [0.25, 0.3) is 5.69 Å². The van der Waals surface area contributed by atoms with Crippen molar-refractivity contribution in [3.8, 4) is 5.75 Å². The Morgan fingerprint density at radius 1 is 0.941 bits per heavy atom. The highest BCUT2D eigenvalue weighted by Crippen LogP contribution is 2.45. The number of hydrogen-bond acceptors (Lipinski definition) is 6. The van der Waals surface area contributed by atoms with Crippen LogP contribution in [0.1, 0.15) is 11.1 Å². The first-order valence-electron chi connectivity index (χ1n) is 10.8. The largest absolute Gasteiger partial charge is 0.431 e. The second kappa shape index (κ2) is 8.51. The monoisotopic (exact) mass is 459 g/mol. The minimum atomic E-state index is -1.09. The molecule has 0 saturated carbocycles. The number of nitro benzene ring substituents is 1. The van der Waals surface area contributed by atoms with Gasteiger partial charge in [-0.25, -0.2) is 9.59 Å². The van der Waals surface area contributed by atoms with Crippen molar-refractivity contribution in [1.82, 2.24) is 9.80 Å². The van der Waals surface area contributed by atoms with E-state index in [0.29, 0.717) is 6.54 Å². The Labute approximate surface area is 195 Å². The number of nitro groups is 1. The lowest BCUT2D eigenvalue weighted by Gasteiger charge is -2.41. The molecule has 3 aromatic rings. The number of carbonyl (C=O) groups excluding carboxylic acids is 2. The summed E-state index contributed by atoms with van der Waals surface area (Å²) in [6, 6.07) is 23.9. The summed E-state index contributed by atoms with van der Waals surface area (Å²) >= 11 is 0. The predicted octanol–water partition coefficient (Wildman–Crippen LogP) is 4.17. The molecule has 2 heterocycles. The van der Waals surface area contributed by atoms with Crippen molar-refractivity contribution in [3.05, 3.63) is 106 Å². The van der Waals surface area contributed by atoms with E-state index in [1.54, 1.807) is 4.90 Å². The Bertz CT molecular complexity index is 1180. The molecule has 0 radical (unpaired) electrons. The van der Waals surface area contributed by atoms with E-state index in [4.69, 9.17) is 9.47 Å². The van der Waals surface area contributed by atoms with Crippen LogP contribution in [0.2, 0.25) is 0 Å². The number of carbonyl (C=O) groups is 2. The highest BCUT2D eigenvalue weighted by molar-refractivity contribution is 5.76. The number of benzene rings is 3. The van der Waals surface area contributed by atoms with E-state index in [2.05, 4.69) is 0 Å². The zero-order chi connectivity index (χ0) is 23.7. The van der Waals surface area contributed by atoms with Gasteiger partial charge >= 0.3 is 12.2 Å². The molecule has 0 N–H and O–H groups in total. The van der Waals surface area contributed by atoms with Crippen LogP contribution in [0.15, 0.2) is 84.9 Å². The quantitative estimate of drug-likeness (QED) is 0.429. The van der Waals surface area contributed by atoms with Crippen molar-refractivity contribution in [1.29, 1.82) is 0 Å². The van der Waals surface area contributed by atoms with Gasteiger partial charge in [0.15, 0.2) is 5.60 Å². The number of rotatable bonds is 4. The number of cyclic esters (lactones) is 1. The van der Waals surface area contributed by atoms with Crippen LogP contribution in [0.4, 0.5) is 15.3 Å². The average molecular weight is 459 g/mol. The van der Waals surface area contributed by atoms with Gasteiger partial charge in [-0.3, -0.25) is 15.0 Å². The molecule has 0 bridgehead atoms. The molecule has 2 saturated heterocycles. The molecule has 0 aromatic heterocycles. The van der Waals surface area contributed by atoms with Gasteiger partial charge in [0.1, 0.15) is 11.8 Å². The lowest BCUT2D eigenvalue weighted by molar-refractivity contribution is -0.384. The summed E-state index contributed by atoms with van der Waals surface area (Å²) in [6.07, 6.45) is -1.02. The van der Waals surface area contributed by atoms with Crippen molar-refractivity contribution >= 4 is 17.9 Å². The Morgan fingerprint density at radius 3 is 2.09 bits per heavy atom. The van der Waals surface area contributed by atoms with Crippen molar-refractivity contribution in [2.45, 2.75) is 11.6 Å². The van der Waals surface area contributed by atoms with Crippen LogP contribution in [-0.4, -0.2) is 52.6 Å². The number of non-ortho nitro benzene ring substituents is 1. The number of piperazine rings is 1. The van der Waals surface area contributed by atoms with Crippen molar-refractivity contribution in [2.24, 2.45) is 0 Å². The van der Waals surface area contributed by atoms with Crippen molar-refractivity contribution < 1.29 is 24.0 Å². The van der Waals surface area contributed by atoms with Gasteiger partial charge in [-0.2, -0.15) is 0 Å². The molecule has 172 valence electrons. The van der Waals surface area contributed by atoms with Gasteiger partial charge in [0.05, 0.1) is 4.92 Å². The van der Waals surface area contributed by atoms with E-state index < -0.39 is 28.8 Å². The van der Waals surface area contributed by atoms with E-state index in [1.807, 2.05) is 60.7 Å². The third-order valence-electron chi connectivity index (χ3n) is 6.25. The molecule has 2 fully saturated rings. The number of nitrogens with zero attached hydrogens (tertiary/aromatic N) is 3. The Balaban J connectivity index is 1.45. The summed E-state index contributed by atoms with van der Waals surface area (Å²) in [5.41, 5.74) is 0.442. The second-order valence-electron chi connectivity index (χ2n) is 8.11. The molecule has 2 aliphatic rings. The summed E-state index contributed by atoms with van der Waals surface area (Å²) < 4.78 is 11.6. The number of amides is 2. The second-order valence-corrected chi connectivity index (χ2v) is 8.11. The van der Waals surface area contributed by atoms with Crippen LogP contribution in [0.5, 0.6) is 5.75 Å². The van der Waals surface area contributed by atoms with Gasteiger partial charge in [-0.15, -0.1) is 0 Å². The van der Waals surface area contributed by atoms with Gasteiger partial charge in [-0.1, -0.05) is 60.7 Å². The van der Waals surface area contributed by atoms with E-state index in [-0.39, 0.29) is 24.5 Å². The molecule has 34 heavy (non-hydrogen) atoms. The van der Waals surface area contributed by atoms with Crippen LogP contribution < -0.4 is 4.74 Å². The van der Waals surface area contributed by atoms with E-state index in [9.17, 15) is 19.7 Å². The fourth-order valence-corrected chi connectivity index (χ4v) is 4.62. The maximum Gasteiger partial charge on any atom is 0.415 e. The Hall–Kier alpha value is -4.40. The fraction of sp³-hybridized carbons (Fsp3) is 0.200. The third kappa shape index (κ3) is 3.61. The molecule has 0 aliphatic carbocycles. The third-order valence-corrected chi connectivity index (χ3v) is 6.25. The zero-order valence-corrected chi connectivity index (χ0v) is 18.1. The summed E-state index contributed by atoms with van der Waals surface area (Å²) in [7, 11) is 0. The van der Waals surface area contributed by atoms with Gasteiger partial charge in [0, 0.05) is 42.9 Å². The van der Waals surface area contributed by atoms with Gasteiger partial charge in [-0.05, 0) is 12.1 Å². The topological polar surface area (TPSA) is 102 Å². The summed E-state index contributed by atoms with van der Waals surface area (Å²) in [5, 5.41) is 10.9. The first-order valence-corrected chi connectivity index (χ1v) is 10.8. The summed E-state index contributed by atoms with van der Waals surface area (Å²) in [4.78, 5) is 39.4. The molecule has 1 atom stereocenters. The molecule has 0 spiro atoms. The first-order chi connectivity index (χ1) is 16.5. The molecular weight excluding hydrogens is 438 g/mol. The van der Waals surface area contributed by atoms with Crippen LogP contribution in [0.25, 0.3) is 0 Å².